The van der Waals surface area contributed by atoms with Crippen LogP contribution in [0.2, 0.25) is 0 Å². The number of urea groups is 1. The number of hydrogen-bond acceptors (Lipinski definition) is 7. The first-order valence-electron chi connectivity index (χ1n) is 8.03. The number of fused-ring (bicyclic) bond motifs is 1. The molecule has 26 heavy (non-hydrogen) atoms. The zero-order chi connectivity index (χ0) is 19.1. The van der Waals surface area contributed by atoms with Crippen molar-refractivity contribution >= 4 is 35.3 Å². The molecule has 10 nitrogen and oxygen atoms in total. The second-order valence-electron chi connectivity index (χ2n) is 6.20. The highest BCUT2D eigenvalue weighted by atomic mass is 32.2. The van der Waals surface area contributed by atoms with Crippen LogP contribution in [-0.4, -0.2) is 53.7 Å². The van der Waals surface area contributed by atoms with Gasteiger partial charge in [0.15, 0.2) is 10.8 Å². The number of thioether (sulfide) groups is 1. The zero-order valence-corrected chi connectivity index (χ0v) is 15.7. The van der Waals surface area contributed by atoms with Gasteiger partial charge in [-0.25, -0.2) is 9.78 Å². The lowest BCUT2D eigenvalue weighted by Crippen LogP contribution is -2.49. The maximum absolute atomic E-state index is 12.3. The lowest BCUT2D eigenvalue weighted by Gasteiger charge is -2.19. The van der Waals surface area contributed by atoms with Crippen molar-refractivity contribution in [2.45, 2.75) is 44.8 Å². The van der Waals surface area contributed by atoms with E-state index >= 15 is 0 Å². The highest BCUT2D eigenvalue weighted by Crippen LogP contribution is 2.21. The first kappa shape index (κ1) is 18.1. The summed E-state index contributed by atoms with van der Waals surface area (Å²) in [4.78, 5) is 40.7. The molecular weight excluding hydrogens is 358 g/mol. The Morgan fingerprint density at radius 2 is 2.08 bits per heavy atom. The molecule has 3 heterocycles. The van der Waals surface area contributed by atoms with Gasteiger partial charge >= 0.3 is 6.03 Å². The standard InChI is InChI=1S/C15H19N7O3S/c1-5-15(4)12(24)22(13(25)17-15)20-11(23)7-26-14-19-18-10-6-8(2)16-9(3)21(10)14/h6H,5,7H2,1-4H3,(H,17,25)(H,20,23). The molecule has 1 saturated heterocycles. The Morgan fingerprint density at radius 1 is 1.35 bits per heavy atom. The lowest BCUT2D eigenvalue weighted by molar-refractivity contribution is -0.137. The Hall–Kier alpha value is -2.69. The third-order valence-corrected chi connectivity index (χ3v) is 5.12. The van der Waals surface area contributed by atoms with E-state index in [-0.39, 0.29) is 5.75 Å². The maximum Gasteiger partial charge on any atom is 0.344 e. The van der Waals surface area contributed by atoms with Gasteiger partial charge in [0.05, 0.1) is 5.75 Å². The molecule has 2 aromatic rings. The van der Waals surface area contributed by atoms with Gasteiger partial charge in [0.25, 0.3) is 5.91 Å². The molecule has 3 rings (SSSR count). The first-order valence-corrected chi connectivity index (χ1v) is 9.02. The smallest absolute Gasteiger partial charge is 0.322 e. The van der Waals surface area contributed by atoms with Crippen LogP contribution in [-0.2, 0) is 9.59 Å². The average Bonchev–Trinajstić information content (AvgIpc) is 3.08. The number of carbonyl (C=O) groups is 3. The summed E-state index contributed by atoms with van der Waals surface area (Å²) >= 11 is 1.14. The van der Waals surface area contributed by atoms with Crippen molar-refractivity contribution in [3.63, 3.8) is 0 Å². The lowest BCUT2D eigenvalue weighted by atomic mass is 10.00. The van der Waals surface area contributed by atoms with Crippen molar-refractivity contribution in [1.82, 2.24) is 35.3 Å². The van der Waals surface area contributed by atoms with Crippen LogP contribution < -0.4 is 10.7 Å². The fourth-order valence-corrected chi connectivity index (χ4v) is 3.39. The van der Waals surface area contributed by atoms with Gasteiger partial charge in [-0.2, -0.15) is 5.01 Å². The summed E-state index contributed by atoms with van der Waals surface area (Å²) in [6, 6.07) is 1.16. The van der Waals surface area contributed by atoms with Gasteiger partial charge in [-0.15, -0.1) is 10.2 Å². The Morgan fingerprint density at radius 3 is 2.73 bits per heavy atom. The fraction of sp³-hybridized carbons (Fsp3) is 0.467. The van der Waals surface area contributed by atoms with Gasteiger partial charge in [0.2, 0.25) is 5.91 Å². The summed E-state index contributed by atoms with van der Waals surface area (Å²) in [6.07, 6.45) is 0.427. The molecule has 138 valence electrons. The van der Waals surface area contributed by atoms with Crippen LogP contribution >= 0.6 is 11.8 Å². The van der Waals surface area contributed by atoms with Gasteiger partial charge in [0.1, 0.15) is 11.4 Å². The number of rotatable bonds is 5. The summed E-state index contributed by atoms with van der Waals surface area (Å²) < 4.78 is 1.74. The van der Waals surface area contributed by atoms with Gasteiger partial charge in [-0.1, -0.05) is 18.7 Å². The number of amides is 4. The first-order chi connectivity index (χ1) is 12.2. The molecule has 1 aliphatic rings. The number of nitrogens with one attached hydrogen (secondary N) is 2. The summed E-state index contributed by atoms with van der Waals surface area (Å²) in [5.41, 5.74) is 2.81. The second-order valence-corrected chi connectivity index (χ2v) is 7.14. The maximum atomic E-state index is 12.3. The number of nitrogens with zero attached hydrogens (tertiary/aromatic N) is 5. The van der Waals surface area contributed by atoms with E-state index in [1.165, 1.54) is 0 Å². The SMILES string of the molecule is CCC1(C)NC(=O)N(NC(=O)CSc2nnc3cc(C)nc(C)n23)C1=O. The number of carbonyl (C=O) groups excluding carboxylic acids is 3. The van der Waals surface area contributed by atoms with Crippen LogP contribution in [0.5, 0.6) is 0 Å². The summed E-state index contributed by atoms with van der Waals surface area (Å²) in [6.45, 7) is 7.10. The molecular formula is C15H19N7O3S. The molecule has 0 bridgehead atoms. The molecule has 4 amide bonds. The third kappa shape index (κ3) is 3.09. The molecule has 1 aliphatic heterocycles. The van der Waals surface area contributed by atoms with Crippen LogP contribution in [0.3, 0.4) is 0 Å². The van der Waals surface area contributed by atoms with Crippen LogP contribution in [0.15, 0.2) is 11.2 Å². The highest BCUT2D eigenvalue weighted by molar-refractivity contribution is 7.99. The van der Waals surface area contributed by atoms with Crippen LogP contribution in [0.4, 0.5) is 4.79 Å². The predicted octanol–water partition coefficient (Wildman–Crippen LogP) is 0.585. The molecule has 2 N–H and O–H groups in total. The number of imide groups is 1. The normalized spacial score (nSPS) is 19.9. The van der Waals surface area contributed by atoms with Gasteiger partial charge < -0.3 is 5.32 Å². The van der Waals surface area contributed by atoms with E-state index in [1.54, 1.807) is 24.3 Å². The van der Waals surface area contributed by atoms with Crippen molar-refractivity contribution in [1.29, 1.82) is 0 Å². The predicted molar refractivity (Wildman–Crippen MR) is 93.2 cm³/mol. The van der Waals surface area contributed by atoms with E-state index < -0.39 is 23.4 Å². The molecule has 0 spiro atoms. The Balaban J connectivity index is 1.67. The molecule has 0 aliphatic carbocycles. The van der Waals surface area contributed by atoms with Crippen LogP contribution in [0, 0.1) is 13.8 Å². The van der Waals surface area contributed by atoms with E-state index in [0.29, 0.717) is 23.0 Å². The van der Waals surface area contributed by atoms with E-state index in [4.69, 9.17) is 0 Å². The monoisotopic (exact) mass is 377 g/mol. The number of hydrazine groups is 1. The van der Waals surface area contributed by atoms with Crippen molar-refractivity contribution in [3.05, 3.63) is 17.6 Å². The molecule has 1 fully saturated rings. The van der Waals surface area contributed by atoms with E-state index in [0.717, 1.165) is 22.5 Å². The minimum absolute atomic E-state index is 0.0337. The largest absolute Gasteiger partial charge is 0.344 e. The van der Waals surface area contributed by atoms with Crippen molar-refractivity contribution in [3.8, 4) is 0 Å². The molecule has 2 aromatic heterocycles. The van der Waals surface area contributed by atoms with E-state index in [2.05, 4.69) is 25.9 Å². The Bertz CT molecular complexity index is 912. The molecule has 0 radical (unpaired) electrons. The minimum Gasteiger partial charge on any atom is -0.322 e. The quantitative estimate of drug-likeness (QED) is 0.577. The van der Waals surface area contributed by atoms with Crippen molar-refractivity contribution < 1.29 is 14.4 Å². The zero-order valence-electron chi connectivity index (χ0n) is 14.9. The average molecular weight is 377 g/mol. The third-order valence-electron chi connectivity index (χ3n) is 4.20. The minimum atomic E-state index is -0.999. The van der Waals surface area contributed by atoms with Crippen molar-refractivity contribution in [2.75, 3.05) is 5.75 Å². The van der Waals surface area contributed by atoms with E-state index in [1.807, 2.05) is 13.8 Å². The van der Waals surface area contributed by atoms with E-state index in [9.17, 15) is 14.4 Å². The second kappa shape index (κ2) is 6.56. The van der Waals surface area contributed by atoms with Crippen molar-refractivity contribution in [2.24, 2.45) is 0 Å². The number of aryl methyl sites for hydroxylation is 2. The molecule has 0 saturated carbocycles. The summed E-state index contributed by atoms with van der Waals surface area (Å²) in [5.74, 6) is -0.297. The fourth-order valence-electron chi connectivity index (χ4n) is 2.61. The molecule has 11 heteroatoms. The van der Waals surface area contributed by atoms with Gasteiger partial charge in [-0.05, 0) is 27.2 Å². The van der Waals surface area contributed by atoms with Gasteiger partial charge in [-0.3, -0.25) is 19.4 Å². The number of hydrogen-bond donors (Lipinski definition) is 2. The molecule has 1 unspecified atom stereocenters. The van der Waals surface area contributed by atoms with Gasteiger partial charge in [0, 0.05) is 11.8 Å². The number of aromatic nitrogens is 4. The topological polar surface area (TPSA) is 122 Å². The Labute approximate surface area is 153 Å². The van der Waals surface area contributed by atoms with Crippen LogP contribution in [0.25, 0.3) is 5.65 Å². The highest BCUT2D eigenvalue weighted by Gasteiger charge is 2.47. The van der Waals surface area contributed by atoms with Crippen LogP contribution in [0.1, 0.15) is 31.8 Å². The summed E-state index contributed by atoms with van der Waals surface area (Å²) in [5, 5.41) is 11.9. The molecule has 1 atom stereocenters. The molecule has 0 aromatic carbocycles. The Kier molecular flexibility index (Phi) is 4.57. The summed E-state index contributed by atoms with van der Waals surface area (Å²) in [7, 11) is 0.